The number of piperidine rings is 1. The average molecular weight is 354 g/mol. The van der Waals surface area contributed by atoms with Crippen molar-refractivity contribution in [2.45, 2.75) is 49.2 Å². The maximum Gasteiger partial charge on any atom is 0.407 e. The van der Waals surface area contributed by atoms with Crippen LogP contribution in [0.2, 0.25) is 0 Å². The SMILES string of the molecule is N#CCC1(N2CCC(NC3CC3c3ccccc3)CC2)CN(C(=O)O)C1. The van der Waals surface area contributed by atoms with Gasteiger partial charge in [0.25, 0.3) is 0 Å². The molecule has 1 amide bonds. The summed E-state index contributed by atoms with van der Waals surface area (Å²) in [6, 6.07) is 14.1. The summed E-state index contributed by atoms with van der Waals surface area (Å²) in [6.07, 6.45) is 2.89. The fourth-order valence-electron chi connectivity index (χ4n) is 4.64. The number of likely N-dealkylation sites (tertiary alicyclic amines) is 2. The van der Waals surface area contributed by atoms with E-state index in [0.29, 0.717) is 37.5 Å². The predicted octanol–water partition coefficient (Wildman–Crippen LogP) is 2.24. The minimum Gasteiger partial charge on any atom is -0.465 e. The van der Waals surface area contributed by atoms with Crippen molar-refractivity contribution in [2.75, 3.05) is 26.2 Å². The van der Waals surface area contributed by atoms with Gasteiger partial charge in [0.05, 0.1) is 18.0 Å². The molecule has 2 atom stereocenters. The first-order valence-electron chi connectivity index (χ1n) is 9.52. The molecule has 1 aromatic rings. The lowest BCUT2D eigenvalue weighted by Crippen LogP contribution is -2.72. The van der Waals surface area contributed by atoms with Crippen LogP contribution in [0.3, 0.4) is 0 Å². The highest BCUT2D eigenvalue weighted by Crippen LogP contribution is 2.41. The zero-order valence-corrected chi connectivity index (χ0v) is 15.0. The van der Waals surface area contributed by atoms with Crippen LogP contribution < -0.4 is 5.32 Å². The lowest BCUT2D eigenvalue weighted by atomic mass is 9.83. The summed E-state index contributed by atoms with van der Waals surface area (Å²) in [7, 11) is 0. The number of carbonyl (C=O) groups is 1. The number of amides is 1. The number of rotatable bonds is 5. The lowest BCUT2D eigenvalue weighted by molar-refractivity contribution is -0.0519. The molecule has 0 spiro atoms. The molecule has 2 heterocycles. The van der Waals surface area contributed by atoms with Crippen molar-refractivity contribution in [3.63, 3.8) is 0 Å². The highest BCUT2D eigenvalue weighted by Gasteiger charge is 2.50. The van der Waals surface area contributed by atoms with Crippen LogP contribution in [0.5, 0.6) is 0 Å². The molecule has 6 heteroatoms. The van der Waals surface area contributed by atoms with Crippen molar-refractivity contribution >= 4 is 6.09 Å². The van der Waals surface area contributed by atoms with Crippen molar-refractivity contribution in [2.24, 2.45) is 0 Å². The highest BCUT2D eigenvalue weighted by molar-refractivity contribution is 5.66. The first-order chi connectivity index (χ1) is 12.6. The number of nitriles is 1. The number of nitrogens with one attached hydrogen (secondary N) is 1. The second kappa shape index (κ2) is 6.90. The summed E-state index contributed by atoms with van der Waals surface area (Å²) in [5.74, 6) is 0.648. The summed E-state index contributed by atoms with van der Waals surface area (Å²) < 4.78 is 0. The zero-order valence-electron chi connectivity index (χ0n) is 15.0. The molecule has 0 bridgehead atoms. The van der Waals surface area contributed by atoms with Crippen LogP contribution in [0, 0.1) is 11.3 Å². The van der Waals surface area contributed by atoms with Gasteiger partial charge in [0, 0.05) is 44.2 Å². The Morgan fingerprint density at radius 2 is 1.96 bits per heavy atom. The molecule has 1 saturated carbocycles. The van der Waals surface area contributed by atoms with Gasteiger partial charge < -0.3 is 15.3 Å². The molecule has 6 nitrogen and oxygen atoms in total. The Balaban J connectivity index is 1.27. The van der Waals surface area contributed by atoms with E-state index in [1.165, 1.54) is 16.9 Å². The van der Waals surface area contributed by atoms with Gasteiger partial charge in [-0.2, -0.15) is 5.26 Å². The van der Waals surface area contributed by atoms with Crippen LogP contribution in [-0.4, -0.2) is 64.8 Å². The van der Waals surface area contributed by atoms with E-state index in [2.05, 4.69) is 46.6 Å². The normalized spacial score (nSPS) is 28.2. The van der Waals surface area contributed by atoms with Gasteiger partial charge in [-0.25, -0.2) is 4.79 Å². The quantitative estimate of drug-likeness (QED) is 0.848. The van der Waals surface area contributed by atoms with Crippen LogP contribution in [0.25, 0.3) is 0 Å². The molecule has 138 valence electrons. The van der Waals surface area contributed by atoms with Gasteiger partial charge in [-0.3, -0.25) is 4.90 Å². The summed E-state index contributed by atoms with van der Waals surface area (Å²) in [5.41, 5.74) is 1.17. The number of carboxylic acid groups (broad SMARTS) is 1. The van der Waals surface area contributed by atoms with Gasteiger partial charge >= 0.3 is 6.09 Å². The Hall–Kier alpha value is -2.10. The molecule has 2 unspecified atom stereocenters. The van der Waals surface area contributed by atoms with E-state index in [9.17, 15) is 10.1 Å². The molecule has 26 heavy (non-hydrogen) atoms. The van der Waals surface area contributed by atoms with E-state index < -0.39 is 6.09 Å². The topological polar surface area (TPSA) is 79.6 Å². The largest absolute Gasteiger partial charge is 0.465 e. The summed E-state index contributed by atoms with van der Waals surface area (Å²) in [5, 5.41) is 22.1. The molecule has 2 aliphatic heterocycles. The molecule has 3 aliphatic rings. The maximum atomic E-state index is 11.1. The van der Waals surface area contributed by atoms with Crippen molar-refractivity contribution in [1.82, 2.24) is 15.1 Å². The second-order valence-electron chi connectivity index (χ2n) is 7.99. The molecule has 0 aromatic heterocycles. The van der Waals surface area contributed by atoms with Gasteiger partial charge in [-0.05, 0) is 24.8 Å². The Kier molecular flexibility index (Phi) is 4.60. The van der Waals surface area contributed by atoms with E-state index in [1.807, 2.05) is 0 Å². The van der Waals surface area contributed by atoms with Crippen LogP contribution in [0.1, 0.15) is 37.2 Å². The lowest BCUT2D eigenvalue weighted by Gasteiger charge is -2.55. The van der Waals surface area contributed by atoms with Gasteiger partial charge in [-0.15, -0.1) is 0 Å². The molecule has 4 rings (SSSR count). The number of benzene rings is 1. The van der Waals surface area contributed by atoms with Crippen molar-refractivity contribution < 1.29 is 9.90 Å². The summed E-state index contributed by atoms with van der Waals surface area (Å²) >= 11 is 0. The van der Waals surface area contributed by atoms with Gasteiger partial charge in [0.1, 0.15) is 0 Å². The first kappa shape index (κ1) is 17.3. The minimum absolute atomic E-state index is 0.260. The third-order valence-electron chi connectivity index (χ3n) is 6.28. The Morgan fingerprint density at radius 1 is 1.27 bits per heavy atom. The zero-order chi connectivity index (χ0) is 18.1. The Labute approximate surface area is 154 Å². The minimum atomic E-state index is -0.879. The van der Waals surface area contributed by atoms with E-state index in [-0.39, 0.29) is 5.54 Å². The molecule has 1 aliphatic carbocycles. The van der Waals surface area contributed by atoms with E-state index in [4.69, 9.17) is 5.11 Å². The molecule has 3 fully saturated rings. The Bertz CT molecular complexity index is 688. The number of hydrogen-bond donors (Lipinski definition) is 2. The van der Waals surface area contributed by atoms with Crippen LogP contribution in [-0.2, 0) is 0 Å². The molecule has 2 N–H and O–H groups in total. The van der Waals surface area contributed by atoms with Crippen molar-refractivity contribution in [1.29, 1.82) is 5.26 Å². The van der Waals surface area contributed by atoms with E-state index >= 15 is 0 Å². The van der Waals surface area contributed by atoms with Gasteiger partial charge in [0.15, 0.2) is 0 Å². The third kappa shape index (κ3) is 3.29. The molecular weight excluding hydrogens is 328 g/mol. The van der Waals surface area contributed by atoms with Crippen molar-refractivity contribution in [3.8, 4) is 6.07 Å². The molecule has 0 radical (unpaired) electrons. The second-order valence-corrected chi connectivity index (χ2v) is 7.99. The van der Waals surface area contributed by atoms with E-state index in [1.54, 1.807) is 0 Å². The monoisotopic (exact) mass is 354 g/mol. The van der Waals surface area contributed by atoms with Crippen molar-refractivity contribution in [3.05, 3.63) is 35.9 Å². The maximum absolute atomic E-state index is 11.1. The fraction of sp³-hybridized carbons (Fsp3) is 0.600. The highest BCUT2D eigenvalue weighted by atomic mass is 16.4. The van der Waals surface area contributed by atoms with Crippen LogP contribution in [0.15, 0.2) is 30.3 Å². The van der Waals surface area contributed by atoms with Gasteiger partial charge in [0.2, 0.25) is 0 Å². The van der Waals surface area contributed by atoms with Crippen LogP contribution >= 0.6 is 0 Å². The summed E-state index contributed by atoms with van der Waals surface area (Å²) in [4.78, 5) is 14.9. The average Bonchev–Trinajstić information content (AvgIpc) is 3.38. The molecule has 2 saturated heterocycles. The molecule has 1 aromatic carbocycles. The first-order valence-corrected chi connectivity index (χ1v) is 9.52. The summed E-state index contributed by atoms with van der Waals surface area (Å²) in [6.45, 7) is 2.81. The third-order valence-corrected chi connectivity index (χ3v) is 6.28. The number of nitrogens with zero attached hydrogens (tertiary/aromatic N) is 3. The van der Waals surface area contributed by atoms with Gasteiger partial charge in [-0.1, -0.05) is 30.3 Å². The number of hydrogen-bond acceptors (Lipinski definition) is 4. The van der Waals surface area contributed by atoms with Crippen LogP contribution in [0.4, 0.5) is 4.79 Å². The van der Waals surface area contributed by atoms with E-state index in [0.717, 1.165) is 25.9 Å². The fourth-order valence-corrected chi connectivity index (χ4v) is 4.64. The smallest absolute Gasteiger partial charge is 0.407 e. The standard InChI is InChI=1S/C20H26N4O2/c21-9-8-20(13-23(14-20)19(25)26)24-10-6-16(7-11-24)22-18-12-17(18)15-4-2-1-3-5-15/h1-5,16-18,22H,6-8,10-14H2,(H,25,26). The Morgan fingerprint density at radius 3 is 2.58 bits per heavy atom. The predicted molar refractivity (Wildman–Crippen MR) is 97.9 cm³/mol. The molecular formula is C20H26N4O2.